The largest absolute Gasteiger partial charge is 0.508 e. The van der Waals surface area contributed by atoms with Crippen molar-refractivity contribution in [3.8, 4) is 0 Å². The van der Waals surface area contributed by atoms with Gasteiger partial charge in [-0.2, -0.15) is 0 Å². The van der Waals surface area contributed by atoms with Gasteiger partial charge in [0.15, 0.2) is 0 Å². The van der Waals surface area contributed by atoms with Crippen LogP contribution in [0.4, 0.5) is 4.79 Å². The van der Waals surface area contributed by atoms with Gasteiger partial charge in [-0.05, 0) is 14.1 Å². The molecule has 0 spiro atoms. The third kappa shape index (κ3) is 11.5. The van der Waals surface area contributed by atoms with E-state index in [1.807, 2.05) is 0 Å². The van der Waals surface area contributed by atoms with Gasteiger partial charge < -0.3 is 20.1 Å². The predicted octanol–water partition coefficient (Wildman–Crippen LogP) is 0.000200. The molecule has 0 aliphatic heterocycles. The number of halogens is 1. The first-order chi connectivity index (χ1) is 5.81. The first-order valence-corrected chi connectivity index (χ1v) is 3.90. The average molecular weight is 213 g/mol. The number of ether oxygens (including phenoxy) is 2. The van der Waals surface area contributed by atoms with E-state index < -0.39 is 6.16 Å². The first kappa shape index (κ1) is 15.0. The number of hydrogen-bond acceptors (Lipinski definition) is 5. The Morgan fingerprint density at radius 1 is 1.08 bits per heavy atom. The van der Waals surface area contributed by atoms with Crippen molar-refractivity contribution >= 4 is 18.6 Å². The predicted molar refractivity (Wildman–Crippen MR) is 52.4 cm³/mol. The summed E-state index contributed by atoms with van der Waals surface area (Å²) < 4.78 is 9.36. The molecule has 0 bridgehead atoms. The van der Waals surface area contributed by atoms with Gasteiger partial charge >= 0.3 is 6.16 Å². The second kappa shape index (κ2) is 11.5. The van der Waals surface area contributed by atoms with E-state index in [4.69, 9.17) is 0 Å². The summed E-state index contributed by atoms with van der Waals surface area (Å²) in [4.78, 5) is 10.7. The van der Waals surface area contributed by atoms with Crippen LogP contribution in [0.25, 0.3) is 0 Å². The highest BCUT2D eigenvalue weighted by Gasteiger charge is 2.00. The summed E-state index contributed by atoms with van der Waals surface area (Å²) in [5.74, 6) is 0. The molecule has 0 atom stereocenters. The van der Waals surface area contributed by atoms with Crippen LogP contribution >= 0.6 is 12.4 Å². The maximum Gasteiger partial charge on any atom is 0.508 e. The smallest absolute Gasteiger partial charge is 0.433 e. The monoisotopic (exact) mass is 212 g/mol. The molecule has 0 saturated carbocycles. The van der Waals surface area contributed by atoms with Crippen molar-refractivity contribution in [1.29, 1.82) is 0 Å². The van der Waals surface area contributed by atoms with Crippen molar-refractivity contribution in [2.75, 3.05) is 40.4 Å². The van der Waals surface area contributed by atoms with Crippen molar-refractivity contribution in [3.05, 3.63) is 0 Å². The lowest BCUT2D eigenvalue weighted by molar-refractivity contribution is 0.0573. The van der Waals surface area contributed by atoms with Gasteiger partial charge in [0.2, 0.25) is 0 Å². The fraction of sp³-hybridized carbons (Fsp3) is 0.857. The summed E-state index contributed by atoms with van der Waals surface area (Å²) >= 11 is 0. The molecule has 0 aliphatic carbocycles. The fourth-order valence-corrected chi connectivity index (χ4v) is 0.515. The zero-order chi connectivity index (χ0) is 9.23. The molecule has 6 heteroatoms. The second-order valence-electron chi connectivity index (χ2n) is 2.15. The highest BCUT2D eigenvalue weighted by Crippen LogP contribution is 1.83. The number of carbonyl (C=O) groups excluding carboxylic acids is 1. The number of carbonyl (C=O) groups is 1. The molecular weight excluding hydrogens is 196 g/mol. The van der Waals surface area contributed by atoms with Crippen LogP contribution in [-0.2, 0) is 9.47 Å². The normalized spacial score (nSPS) is 8.77. The number of nitrogens with one attached hydrogen (secondary N) is 2. The molecule has 0 rings (SSSR count). The van der Waals surface area contributed by atoms with Crippen LogP contribution in [0.1, 0.15) is 0 Å². The second-order valence-corrected chi connectivity index (χ2v) is 2.15. The Morgan fingerprint density at radius 2 is 1.46 bits per heavy atom. The Hall–Kier alpha value is -0.520. The van der Waals surface area contributed by atoms with E-state index >= 15 is 0 Å². The molecule has 0 radical (unpaired) electrons. The summed E-state index contributed by atoms with van der Waals surface area (Å²) in [6, 6.07) is 0. The SMILES string of the molecule is CNCCOC(=O)OCCNC.Cl. The Labute approximate surface area is 84.6 Å². The molecule has 0 aromatic heterocycles. The van der Waals surface area contributed by atoms with Gasteiger partial charge in [-0.25, -0.2) is 4.79 Å². The Balaban J connectivity index is 0. The van der Waals surface area contributed by atoms with Gasteiger partial charge in [0.1, 0.15) is 13.2 Å². The van der Waals surface area contributed by atoms with Crippen molar-refractivity contribution in [3.63, 3.8) is 0 Å². The molecule has 0 aromatic rings. The lowest BCUT2D eigenvalue weighted by Crippen LogP contribution is -2.21. The minimum absolute atomic E-state index is 0. The molecule has 0 aliphatic rings. The van der Waals surface area contributed by atoms with E-state index in [1.54, 1.807) is 14.1 Å². The number of likely N-dealkylation sites (N-methyl/N-ethyl adjacent to an activating group) is 2. The highest BCUT2D eigenvalue weighted by atomic mass is 35.5. The molecule has 80 valence electrons. The van der Waals surface area contributed by atoms with Crippen molar-refractivity contribution in [2.45, 2.75) is 0 Å². The molecule has 2 N–H and O–H groups in total. The Bertz CT molecular complexity index is 112. The van der Waals surface area contributed by atoms with Crippen LogP contribution in [0.5, 0.6) is 0 Å². The zero-order valence-corrected chi connectivity index (χ0v) is 8.78. The lowest BCUT2D eigenvalue weighted by Gasteiger charge is -2.04. The van der Waals surface area contributed by atoms with E-state index in [0.717, 1.165) is 0 Å². The standard InChI is InChI=1S/C7H16N2O3.ClH/c1-8-3-5-11-7(10)12-6-4-9-2;/h8-9H,3-6H2,1-2H3;1H. The van der Waals surface area contributed by atoms with E-state index in [-0.39, 0.29) is 12.4 Å². The van der Waals surface area contributed by atoms with E-state index in [9.17, 15) is 4.79 Å². The highest BCUT2D eigenvalue weighted by molar-refractivity contribution is 5.85. The lowest BCUT2D eigenvalue weighted by atomic mass is 10.7. The van der Waals surface area contributed by atoms with Gasteiger partial charge in [-0.15, -0.1) is 12.4 Å². The zero-order valence-electron chi connectivity index (χ0n) is 7.96. The van der Waals surface area contributed by atoms with E-state index in [0.29, 0.717) is 26.3 Å². The van der Waals surface area contributed by atoms with Gasteiger partial charge in [0.05, 0.1) is 0 Å². The average Bonchev–Trinajstić information content (AvgIpc) is 2.06. The maximum absolute atomic E-state index is 10.7. The van der Waals surface area contributed by atoms with Crippen LogP contribution in [0, 0.1) is 0 Å². The van der Waals surface area contributed by atoms with Crippen LogP contribution in [0.2, 0.25) is 0 Å². The fourth-order valence-electron chi connectivity index (χ4n) is 0.515. The summed E-state index contributed by atoms with van der Waals surface area (Å²) in [5, 5.41) is 5.69. The minimum Gasteiger partial charge on any atom is -0.433 e. The van der Waals surface area contributed by atoms with Crippen molar-refractivity contribution < 1.29 is 14.3 Å². The van der Waals surface area contributed by atoms with Crippen LogP contribution < -0.4 is 10.6 Å². The van der Waals surface area contributed by atoms with Crippen LogP contribution in [-0.4, -0.2) is 46.6 Å². The van der Waals surface area contributed by atoms with Gasteiger partial charge in [-0.3, -0.25) is 0 Å². The van der Waals surface area contributed by atoms with Gasteiger partial charge in [0.25, 0.3) is 0 Å². The first-order valence-electron chi connectivity index (χ1n) is 3.90. The molecular formula is C7H17ClN2O3. The summed E-state index contributed by atoms with van der Waals surface area (Å²) in [7, 11) is 3.57. The molecule has 5 nitrogen and oxygen atoms in total. The number of hydrogen-bond donors (Lipinski definition) is 2. The summed E-state index contributed by atoms with van der Waals surface area (Å²) in [6.45, 7) is 1.96. The van der Waals surface area contributed by atoms with Crippen LogP contribution in [0.3, 0.4) is 0 Å². The molecule has 0 amide bonds. The maximum atomic E-state index is 10.7. The summed E-state index contributed by atoms with van der Waals surface area (Å²) in [6.07, 6.45) is -0.611. The van der Waals surface area contributed by atoms with E-state index in [2.05, 4.69) is 20.1 Å². The quantitative estimate of drug-likeness (QED) is 0.480. The molecule has 13 heavy (non-hydrogen) atoms. The Kier molecular flexibility index (Phi) is 13.2. The van der Waals surface area contributed by atoms with Gasteiger partial charge in [0, 0.05) is 13.1 Å². The third-order valence-corrected chi connectivity index (χ3v) is 1.14. The van der Waals surface area contributed by atoms with Crippen molar-refractivity contribution in [1.82, 2.24) is 10.6 Å². The molecule has 0 fully saturated rings. The molecule has 0 unspecified atom stereocenters. The van der Waals surface area contributed by atoms with Crippen molar-refractivity contribution in [2.24, 2.45) is 0 Å². The van der Waals surface area contributed by atoms with E-state index in [1.165, 1.54) is 0 Å². The van der Waals surface area contributed by atoms with Gasteiger partial charge in [-0.1, -0.05) is 0 Å². The summed E-state index contributed by atoms with van der Waals surface area (Å²) in [5.41, 5.74) is 0. The number of rotatable bonds is 6. The third-order valence-electron chi connectivity index (χ3n) is 1.14. The molecule has 0 saturated heterocycles. The molecule has 0 aromatic carbocycles. The van der Waals surface area contributed by atoms with Crippen LogP contribution in [0.15, 0.2) is 0 Å². The topological polar surface area (TPSA) is 59.6 Å². The minimum atomic E-state index is -0.611. The molecule has 0 heterocycles. The Morgan fingerprint density at radius 3 is 1.77 bits per heavy atom.